The van der Waals surface area contributed by atoms with E-state index in [2.05, 4.69) is 17.2 Å². The van der Waals surface area contributed by atoms with E-state index < -0.39 is 0 Å². The highest BCUT2D eigenvalue weighted by Gasteiger charge is 2.26. The molecule has 1 amide bonds. The number of anilines is 1. The molecule has 1 unspecified atom stereocenters. The van der Waals surface area contributed by atoms with E-state index >= 15 is 0 Å². The zero-order chi connectivity index (χ0) is 19.4. The normalized spacial score (nSPS) is 15.6. The van der Waals surface area contributed by atoms with Gasteiger partial charge in [-0.2, -0.15) is 0 Å². The first kappa shape index (κ1) is 19.9. The number of carbonyl (C=O) groups is 1. The summed E-state index contributed by atoms with van der Waals surface area (Å²) in [5.74, 6) is -0.514. The van der Waals surface area contributed by atoms with Crippen LogP contribution in [-0.2, 0) is 22.5 Å². The maximum atomic E-state index is 12.9. The van der Waals surface area contributed by atoms with E-state index in [4.69, 9.17) is 4.74 Å². The molecule has 0 aliphatic carbocycles. The predicted octanol–water partition coefficient (Wildman–Crippen LogP) is 2.80. The molecule has 0 fully saturated rings. The van der Waals surface area contributed by atoms with Crippen LogP contribution in [0.2, 0.25) is 0 Å². The summed E-state index contributed by atoms with van der Waals surface area (Å²) in [5, 5.41) is 3.54. The topological polar surface area (TPSA) is 73.2 Å². The molecule has 0 spiro atoms. The van der Waals surface area contributed by atoms with Crippen molar-refractivity contribution in [2.45, 2.75) is 35.2 Å². The molecule has 0 saturated carbocycles. The van der Waals surface area contributed by atoms with Crippen molar-refractivity contribution in [3.8, 4) is 0 Å². The SMILES string of the molecule is COCCn1c(SCC(=O)Nc2ccc(F)cc2)nc2c(c1=O)SC(C)C2. The van der Waals surface area contributed by atoms with E-state index in [-0.39, 0.29) is 23.0 Å². The van der Waals surface area contributed by atoms with Crippen molar-refractivity contribution in [2.75, 3.05) is 24.8 Å². The van der Waals surface area contributed by atoms with Crippen LogP contribution in [0.5, 0.6) is 0 Å². The minimum Gasteiger partial charge on any atom is -0.383 e. The van der Waals surface area contributed by atoms with Gasteiger partial charge in [0.25, 0.3) is 5.56 Å². The fourth-order valence-corrected chi connectivity index (χ4v) is 4.64. The lowest BCUT2D eigenvalue weighted by Crippen LogP contribution is -2.27. The summed E-state index contributed by atoms with van der Waals surface area (Å²) in [6.07, 6.45) is 0.746. The van der Waals surface area contributed by atoms with Crippen LogP contribution in [0.15, 0.2) is 39.1 Å². The van der Waals surface area contributed by atoms with E-state index in [1.54, 1.807) is 23.4 Å². The largest absolute Gasteiger partial charge is 0.383 e. The third kappa shape index (κ3) is 4.91. The van der Waals surface area contributed by atoms with Crippen molar-refractivity contribution in [2.24, 2.45) is 0 Å². The highest BCUT2D eigenvalue weighted by atomic mass is 32.2. The Kier molecular flexibility index (Phi) is 6.56. The average molecular weight is 410 g/mol. The third-order valence-corrected chi connectivity index (χ3v) is 6.13. The van der Waals surface area contributed by atoms with Crippen LogP contribution in [0.3, 0.4) is 0 Å². The Balaban J connectivity index is 1.74. The van der Waals surface area contributed by atoms with Gasteiger partial charge in [0.05, 0.1) is 29.5 Å². The van der Waals surface area contributed by atoms with Crippen molar-refractivity contribution >= 4 is 35.1 Å². The first-order chi connectivity index (χ1) is 13.0. The summed E-state index contributed by atoms with van der Waals surface area (Å²) in [5.41, 5.74) is 1.24. The van der Waals surface area contributed by atoms with E-state index in [1.165, 1.54) is 36.0 Å². The molecule has 1 aromatic heterocycles. The summed E-state index contributed by atoms with van der Waals surface area (Å²) in [7, 11) is 1.58. The molecule has 0 saturated heterocycles. The van der Waals surface area contributed by atoms with Crippen LogP contribution in [0, 0.1) is 5.82 Å². The quantitative estimate of drug-likeness (QED) is 0.560. The Labute approximate surface area is 164 Å². The molecule has 1 N–H and O–H groups in total. The monoisotopic (exact) mass is 409 g/mol. The molecule has 1 aromatic carbocycles. The smallest absolute Gasteiger partial charge is 0.268 e. The van der Waals surface area contributed by atoms with Crippen LogP contribution in [0.1, 0.15) is 12.6 Å². The van der Waals surface area contributed by atoms with Gasteiger partial charge in [0, 0.05) is 24.5 Å². The maximum Gasteiger partial charge on any atom is 0.268 e. The molecule has 0 bridgehead atoms. The number of thioether (sulfide) groups is 2. The first-order valence-corrected chi connectivity index (χ1v) is 10.3. The maximum absolute atomic E-state index is 12.9. The first-order valence-electron chi connectivity index (χ1n) is 8.45. The molecule has 9 heteroatoms. The van der Waals surface area contributed by atoms with Crippen molar-refractivity contribution < 1.29 is 13.9 Å². The third-order valence-electron chi connectivity index (χ3n) is 3.94. The van der Waals surface area contributed by atoms with E-state index in [1.807, 2.05) is 0 Å². The standard InChI is InChI=1S/C18H20FN3O3S2/c1-11-9-14-16(27-11)17(24)22(7-8-25-2)18(21-14)26-10-15(23)20-13-5-3-12(19)4-6-13/h3-6,11H,7-10H2,1-2H3,(H,20,23). The van der Waals surface area contributed by atoms with Crippen molar-refractivity contribution in [1.82, 2.24) is 9.55 Å². The number of amides is 1. The number of nitrogens with zero attached hydrogens (tertiary/aromatic N) is 2. The second-order valence-corrected chi connectivity index (χ2v) is 8.49. The summed E-state index contributed by atoms with van der Waals surface area (Å²) in [6.45, 7) is 2.83. The molecule has 144 valence electrons. The van der Waals surface area contributed by atoms with Gasteiger partial charge in [-0.3, -0.25) is 14.2 Å². The molecular formula is C18H20FN3O3S2. The van der Waals surface area contributed by atoms with Crippen molar-refractivity contribution in [1.29, 1.82) is 0 Å². The summed E-state index contributed by atoms with van der Waals surface area (Å²) in [6, 6.07) is 5.56. The second-order valence-electron chi connectivity index (χ2n) is 6.10. The number of ether oxygens (including phenoxy) is 1. The van der Waals surface area contributed by atoms with Crippen LogP contribution in [0.4, 0.5) is 10.1 Å². The lowest BCUT2D eigenvalue weighted by atomic mass is 10.2. The summed E-state index contributed by atoms with van der Waals surface area (Å²) < 4.78 is 19.6. The minimum atomic E-state index is -0.362. The Morgan fingerprint density at radius 2 is 2.19 bits per heavy atom. The van der Waals surface area contributed by atoms with Gasteiger partial charge in [0.15, 0.2) is 5.16 Å². The zero-order valence-corrected chi connectivity index (χ0v) is 16.7. The van der Waals surface area contributed by atoms with Crippen LogP contribution in [0.25, 0.3) is 0 Å². The van der Waals surface area contributed by atoms with Gasteiger partial charge in [-0.1, -0.05) is 18.7 Å². The van der Waals surface area contributed by atoms with Crippen LogP contribution in [-0.4, -0.2) is 40.2 Å². The number of methoxy groups -OCH3 is 1. The number of hydrogen-bond acceptors (Lipinski definition) is 6. The molecule has 3 rings (SSSR count). The molecule has 1 atom stereocenters. The zero-order valence-electron chi connectivity index (χ0n) is 15.0. The number of halogens is 1. The summed E-state index contributed by atoms with van der Waals surface area (Å²) in [4.78, 5) is 30.3. The number of fused-ring (bicyclic) bond motifs is 1. The molecule has 1 aliphatic heterocycles. The van der Waals surface area contributed by atoms with Gasteiger partial charge in [-0.15, -0.1) is 11.8 Å². The molecule has 1 aliphatic rings. The summed E-state index contributed by atoms with van der Waals surface area (Å²) >= 11 is 2.76. The lowest BCUT2D eigenvalue weighted by Gasteiger charge is -2.13. The van der Waals surface area contributed by atoms with Gasteiger partial charge in [-0.25, -0.2) is 9.37 Å². The van der Waals surface area contributed by atoms with Crippen molar-refractivity contribution in [3.63, 3.8) is 0 Å². The molecule has 27 heavy (non-hydrogen) atoms. The van der Waals surface area contributed by atoms with E-state index in [9.17, 15) is 14.0 Å². The van der Waals surface area contributed by atoms with Gasteiger partial charge >= 0.3 is 0 Å². The van der Waals surface area contributed by atoms with E-state index in [0.717, 1.165) is 12.1 Å². The Morgan fingerprint density at radius 1 is 1.44 bits per heavy atom. The molecule has 2 aromatic rings. The van der Waals surface area contributed by atoms with Gasteiger partial charge in [0.2, 0.25) is 5.91 Å². The molecule has 0 radical (unpaired) electrons. The fourth-order valence-electron chi connectivity index (χ4n) is 2.68. The highest BCUT2D eigenvalue weighted by Crippen LogP contribution is 2.34. The highest BCUT2D eigenvalue weighted by molar-refractivity contribution is 8.00. The number of nitrogens with one attached hydrogen (secondary N) is 1. The Bertz CT molecular complexity index is 887. The number of rotatable bonds is 7. The minimum absolute atomic E-state index is 0.0761. The second kappa shape index (κ2) is 8.90. The van der Waals surface area contributed by atoms with E-state index in [0.29, 0.717) is 34.1 Å². The van der Waals surface area contributed by atoms with Crippen LogP contribution >= 0.6 is 23.5 Å². The fraction of sp³-hybridized carbons (Fsp3) is 0.389. The lowest BCUT2D eigenvalue weighted by molar-refractivity contribution is -0.113. The van der Waals surface area contributed by atoms with Gasteiger partial charge < -0.3 is 10.1 Å². The molecule has 6 nitrogen and oxygen atoms in total. The molecular weight excluding hydrogens is 389 g/mol. The Hall–Kier alpha value is -1.84. The predicted molar refractivity (Wildman–Crippen MR) is 105 cm³/mol. The Morgan fingerprint density at radius 3 is 2.89 bits per heavy atom. The number of aromatic nitrogens is 2. The van der Waals surface area contributed by atoms with Gasteiger partial charge in [0.1, 0.15) is 5.82 Å². The van der Waals surface area contributed by atoms with Crippen molar-refractivity contribution in [3.05, 3.63) is 46.1 Å². The average Bonchev–Trinajstić information content (AvgIpc) is 3.02. The number of benzene rings is 1. The molecule has 2 heterocycles. The van der Waals surface area contributed by atoms with Crippen LogP contribution < -0.4 is 10.9 Å². The number of carbonyl (C=O) groups excluding carboxylic acids is 1. The number of hydrogen-bond donors (Lipinski definition) is 1. The van der Waals surface area contributed by atoms with Gasteiger partial charge in [-0.05, 0) is 24.3 Å².